The molecule has 7 rings (SSSR count). The fourth-order valence-electron chi connectivity index (χ4n) is 8.07. The number of anilines is 1. The number of nitrogens with one attached hydrogen (secondary N) is 2. The molecule has 4 aliphatic rings. The zero-order chi connectivity index (χ0) is 26.4. The summed E-state index contributed by atoms with van der Waals surface area (Å²) in [6.45, 7) is 3.88. The highest BCUT2D eigenvalue weighted by atomic mass is 16.4. The van der Waals surface area contributed by atoms with Crippen LogP contribution >= 0.6 is 0 Å². The van der Waals surface area contributed by atoms with Gasteiger partial charge in [0.25, 0.3) is 5.91 Å². The van der Waals surface area contributed by atoms with Crippen LogP contribution in [0.5, 0.6) is 0 Å². The van der Waals surface area contributed by atoms with Gasteiger partial charge in [0.05, 0.1) is 5.56 Å². The molecule has 0 radical (unpaired) electrons. The smallest absolute Gasteiger partial charge is 0.336 e. The van der Waals surface area contributed by atoms with Crippen LogP contribution in [0.1, 0.15) is 89.5 Å². The first-order valence-corrected chi connectivity index (χ1v) is 14.1. The number of aromatic carboxylic acids is 1. The van der Waals surface area contributed by atoms with E-state index < -0.39 is 5.97 Å². The Morgan fingerprint density at radius 3 is 2.39 bits per heavy atom. The largest absolute Gasteiger partial charge is 0.478 e. The van der Waals surface area contributed by atoms with Crippen LogP contribution in [-0.4, -0.2) is 27.0 Å². The lowest BCUT2D eigenvalue weighted by atomic mass is 9.48. The van der Waals surface area contributed by atoms with E-state index in [0.717, 1.165) is 54.1 Å². The van der Waals surface area contributed by atoms with Crippen molar-refractivity contribution in [3.8, 4) is 11.4 Å². The first-order valence-electron chi connectivity index (χ1n) is 14.1. The number of aryl methyl sites for hydroxylation is 3. The van der Waals surface area contributed by atoms with Crippen molar-refractivity contribution in [2.75, 3.05) is 5.32 Å². The van der Waals surface area contributed by atoms with Gasteiger partial charge in [0.1, 0.15) is 11.5 Å². The van der Waals surface area contributed by atoms with E-state index in [1.54, 1.807) is 19.1 Å². The molecule has 1 amide bonds. The van der Waals surface area contributed by atoms with Crippen LogP contribution in [0.4, 0.5) is 5.69 Å². The maximum Gasteiger partial charge on any atom is 0.336 e. The zero-order valence-corrected chi connectivity index (χ0v) is 22.3. The fraction of sp³-hybridized carbons (Fsp3) is 0.469. The Kier molecular flexibility index (Phi) is 6.37. The van der Waals surface area contributed by atoms with Gasteiger partial charge in [0, 0.05) is 16.9 Å². The number of H-pyrrole nitrogens is 1. The van der Waals surface area contributed by atoms with Crippen LogP contribution < -0.4 is 5.32 Å². The highest BCUT2D eigenvalue weighted by molar-refractivity contribution is 6.04. The van der Waals surface area contributed by atoms with Crippen molar-refractivity contribution in [2.24, 2.45) is 23.2 Å². The summed E-state index contributed by atoms with van der Waals surface area (Å²) in [6.07, 6.45) is 11.0. The van der Waals surface area contributed by atoms with Crippen LogP contribution in [0.25, 0.3) is 11.4 Å². The number of amides is 1. The van der Waals surface area contributed by atoms with Crippen molar-refractivity contribution in [2.45, 2.75) is 71.6 Å². The topological polar surface area (TPSA) is 95.1 Å². The number of carboxylic acids is 1. The second kappa shape index (κ2) is 9.72. The second-order valence-corrected chi connectivity index (χ2v) is 12.1. The maximum absolute atomic E-state index is 13.6. The Bertz CT molecular complexity index is 1350. The first kappa shape index (κ1) is 24.9. The van der Waals surface area contributed by atoms with E-state index in [9.17, 15) is 14.7 Å². The standard InChI is InChI=1S/C32H37N3O3/c1-3-23-6-4-5-7-25(23)29-34-27(10-11-32-16-20-12-21(17-32)14-22(13-20)18-32)28(35-29)30(36)33-24-9-8-19(2)26(15-24)31(37)38/h4-9,15,20-22H,3,10-14,16-18H2,1-2H3,(H,33,36)(H,34,35)(H,37,38). The highest BCUT2D eigenvalue weighted by Gasteiger charge is 2.50. The van der Waals surface area contributed by atoms with Crippen molar-refractivity contribution >= 4 is 17.6 Å². The molecule has 38 heavy (non-hydrogen) atoms. The van der Waals surface area contributed by atoms with Gasteiger partial charge < -0.3 is 15.4 Å². The van der Waals surface area contributed by atoms with Crippen molar-refractivity contribution in [3.05, 3.63) is 70.5 Å². The molecule has 0 atom stereocenters. The number of carboxylic acid groups (broad SMARTS) is 1. The molecule has 1 heterocycles. The Morgan fingerprint density at radius 1 is 1.05 bits per heavy atom. The molecule has 2 aromatic carbocycles. The maximum atomic E-state index is 13.6. The molecule has 4 aliphatic carbocycles. The first-order chi connectivity index (χ1) is 18.3. The van der Waals surface area contributed by atoms with Crippen LogP contribution in [-0.2, 0) is 12.8 Å². The van der Waals surface area contributed by atoms with Crippen LogP contribution in [0, 0.1) is 30.1 Å². The minimum Gasteiger partial charge on any atom is -0.478 e. The third-order valence-electron chi connectivity index (χ3n) is 9.44. The van der Waals surface area contributed by atoms with E-state index in [4.69, 9.17) is 4.98 Å². The molecule has 0 saturated heterocycles. The number of hydrogen-bond donors (Lipinski definition) is 3. The summed E-state index contributed by atoms with van der Waals surface area (Å²) in [5, 5.41) is 12.4. The van der Waals surface area contributed by atoms with Gasteiger partial charge in [-0.05, 0) is 111 Å². The number of rotatable bonds is 8. The molecular weight excluding hydrogens is 474 g/mol. The number of nitrogens with zero attached hydrogens (tertiary/aromatic N) is 1. The quantitative estimate of drug-likeness (QED) is 0.302. The Morgan fingerprint density at radius 2 is 1.74 bits per heavy atom. The van der Waals surface area contributed by atoms with E-state index in [1.165, 1.54) is 50.2 Å². The average molecular weight is 512 g/mol. The number of carbonyl (C=O) groups excluding carboxylic acids is 1. The molecule has 4 bridgehead atoms. The minimum absolute atomic E-state index is 0.185. The highest BCUT2D eigenvalue weighted by Crippen LogP contribution is 2.61. The van der Waals surface area contributed by atoms with Gasteiger partial charge in [0.2, 0.25) is 0 Å². The fourth-order valence-corrected chi connectivity index (χ4v) is 8.07. The Labute approximate surface area is 224 Å². The molecule has 1 aromatic heterocycles. The van der Waals surface area contributed by atoms with Gasteiger partial charge in [0.15, 0.2) is 0 Å². The summed E-state index contributed by atoms with van der Waals surface area (Å²) in [5.74, 6) is 2.09. The predicted molar refractivity (Wildman–Crippen MR) is 148 cm³/mol. The van der Waals surface area contributed by atoms with Gasteiger partial charge in [-0.2, -0.15) is 0 Å². The minimum atomic E-state index is -1.01. The monoisotopic (exact) mass is 511 g/mol. The molecule has 0 unspecified atom stereocenters. The van der Waals surface area contributed by atoms with Crippen LogP contribution in [0.3, 0.4) is 0 Å². The van der Waals surface area contributed by atoms with E-state index in [0.29, 0.717) is 22.4 Å². The van der Waals surface area contributed by atoms with Gasteiger partial charge in [-0.25, -0.2) is 9.78 Å². The van der Waals surface area contributed by atoms with Crippen molar-refractivity contribution in [1.82, 2.24) is 9.97 Å². The molecular formula is C32H37N3O3. The number of imidazole rings is 1. The van der Waals surface area contributed by atoms with Gasteiger partial charge >= 0.3 is 5.97 Å². The summed E-state index contributed by atoms with van der Waals surface area (Å²) >= 11 is 0. The van der Waals surface area contributed by atoms with Crippen molar-refractivity contribution in [3.63, 3.8) is 0 Å². The molecule has 0 aliphatic heterocycles. The average Bonchev–Trinajstić information content (AvgIpc) is 3.32. The predicted octanol–water partition coefficient (Wildman–Crippen LogP) is 7.05. The molecule has 3 N–H and O–H groups in total. The van der Waals surface area contributed by atoms with Gasteiger partial charge in [-0.15, -0.1) is 0 Å². The van der Waals surface area contributed by atoms with Gasteiger partial charge in [-0.3, -0.25) is 4.79 Å². The van der Waals surface area contributed by atoms with E-state index in [-0.39, 0.29) is 11.5 Å². The normalized spacial score (nSPS) is 25.5. The molecule has 6 nitrogen and oxygen atoms in total. The molecule has 4 fully saturated rings. The SMILES string of the molecule is CCc1ccccc1-c1nc(C(=O)Nc2ccc(C)c(C(=O)O)c2)c(CCC23CC4CC(CC(C4)C2)C3)[nH]1. The Balaban J connectivity index is 1.30. The van der Waals surface area contributed by atoms with Crippen molar-refractivity contribution < 1.29 is 14.7 Å². The van der Waals surface area contributed by atoms with Crippen LogP contribution in [0.2, 0.25) is 0 Å². The lowest BCUT2D eigenvalue weighted by Gasteiger charge is -2.57. The third kappa shape index (κ3) is 4.65. The summed E-state index contributed by atoms with van der Waals surface area (Å²) in [6, 6.07) is 13.2. The van der Waals surface area contributed by atoms with E-state index in [1.807, 2.05) is 12.1 Å². The van der Waals surface area contributed by atoms with E-state index in [2.05, 4.69) is 29.4 Å². The summed E-state index contributed by atoms with van der Waals surface area (Å²) in [7, 11) is 0. The number of aromatic amines is 1. The molecule has 0 spiro atoms. The van der Waals surface area contributed by atoms with E-state index >= 15 is 0 Å². The zero-order valence-electron chi connectivity index (χ0n) is 22.3. The Hall–Kier alpha value is -3.41. The summed E-state index contributed by atoms with van der Waals surface area (Å²) in [5.41, 5.74) is 5.21. The lowest BCUT2D eigenvalue weighted by molar-refractivity contribution is -0.0570. The molecule has 4 saturated carbocycles. The third-order valence-corrected chi connectivity index (χ3v) is 9.44. The molecule has 3 aromatic rings. The summed E-state index contributed by atoms with van der Waals surface area (Å²) < 4.78 is 0. The number of hydrogen-bond acceptors (Lipinski definition) is 3. The second-order valence-electron chi connectivity index (χ2n) is 12.1. The molecule has 198 valence electrons. The van der Waals surface area contributed by atoms with Crippen molar-refractivity contribution in [1.29, 1.82) is 0 Å². The van der Waals surface area contributed by atoms with Crippen LogP contribution in [0.15, 0.2) is 42.5 Å². The number of aromatic nitrogens is 2. The number of carbonyl (C=O) groups is 2. The molecule has 6 heteroatoms. The number of benzene rings is 2. The van der Waals surface area contributed by atoms with Gasteiger partial charge in [-0.1, -0.05) is 37.3 Å². The lowest BCUT2D eigenvalue weighted by Crippen LogP contribution is -2.46. The summed E-state index contributed by atoms with van der Waals surface area (Å²) in [4.78, 5) is 33.6.